The highest BCUT2D eigenvalue weighted by Gasteiger charge is 2.45. The standard InChI is InChI=1S/C14H18FNO2/c1-18-9-8-16-13(17)14(6-3-7-14)11-4-2-5-12(15)10-11/h2,4-5,10H,3,6-9H2,1H3,(H,16,17). The first-order valence-corrected chi connectivity index (χ1v) is 6.22. The molecular formula is C14H18FNO2. The summed E-state index contributed by atoms with van der Waals surface area (Å²) < 4.78 is 18.2. The van der Waals surface area contributed by atoms with Gasteiger partial charge in [0.05, 0.1) is 12.0 Å². The molecule has 0 spiro atoms. The third-order valence-corrected chi connectivity index (χ3v) is 3.61. The van der Waals surface area contributed by atoms with Gasteiger partial charge in [-0.25, -0.2) is 4.39 Å². The fourth-order valence-corrected chi connectivity index (χ4v) is 2.40. The van der Waals surface area contributed by atoms with Crippen LogP contribution in [0.15, 0.2) is 24.3 Å². The number of hydrogen-bond acceptors (Lipinski definition) is 2. The van der Waals surface area contributed by atoms with E-state index in [2.05, 4.69) is 5.32 Å². The van der Waals surface area contributed by atoms with Crippen molar-refractivity contribution < 1.29 is 13.9 Å². The highest BCUT2D eigenvalue weighted by Crippen LogP contribution is 2.44. The minimum absolute atomic E-state index is 0.0172. The normalized spacial score (nSPS) is 17.0. The second-order valence-corrected chi connectivity index (χ2v) is 4.69. The minimum Gasteiger partial charge on any atom is -0.383 e. The summed E-state index contributed by atoms with van der Waals surface area (Å²) in [4.78, 5) is 12.2. The molecule has 4 heteroatoms. The highest BCUT2D eigenvalue weighted by atomic mass is 19.1. The lowest BCUT2D eigenvalue weighted by molar-refractivity contribution is -0.130. The number of ether oxygens (including phenoxy) is 1. The molecule has 0 saturated heterocycles. The Bertz CT molecular complexity index is 430. The number of methoxy groups -OCH3 is 1. The van der Waals surface area contributed by atoms with Crippen molar-refractivity contribution in [3.63, 3.8) is 0 Å². The molecule has 18 heavy (non-hydrogen) atoms. The molecule has 1 aliphatic carbocycles. The number of carbonyl (C=O) groups is 1. The first-order chi connectivity index (χ1) is 8.69. The van der Waals surface area contributed by atoms with Crippen molar-refractivity contribution in [1.29, 1.82) is 0 Å². The Morgan fingerprint density at radius 3 is 2.83 bits per heavy atom. The lowest BCUT2D eigenvalue weighted by atomic mass is 9.64. The van der Waals surface area contributed by atoms with Crippen molar-refractivity contribution in [3.8, 4) is 0 Å². The molecular weight excluding hydrogens is 233 g/mol. The average Bonchev–Trinajstić information content (AvgIpc) is 2.28. The van der Waals surface area contributed by atoms with Gasteiger partial charge in [0, 0.05) is 13.7 Å². The van der Waals surface area contributed by atoms with Crippen LogP contribution in [0.2, 0.25) is 0 Å². The monoisotopic (exact) mass is 251 g/mol. The van der Waals surface area contributed by atoms with E-state index in [0.717, 1.165) is 24.8 Å². The molecule has 0 unspecified atom stereocenters. The van der Waals surface area contributed by atoms with Crippen molar-refractivity contribution >= 4 is 5.91 Å². The second-order valence-electron chi connectivity index (χ2n) is 4.69. The van der Waals surface area contributed by atoms with Gasteiger partial charge in [-0.05, 0) is 30.5 Å². The van der Waals surface area contributed by atoms with Gasteiger partial charge < -0.3 is 10.1 Å². The molecule has 0 heterocycles. The largest absolute Gasteiger partial charge is 0.383 e. The molecule has 3 nitrogen and oxygen atoms in total. The molecule has 98 valence electrons. The van der Waals surface area contributed by atoms with Gasteiger partial charge in [-0.3, -0.25) is 4.79 Å². The number of amides is 1. The van der Waals surface area contributed by atoms with Gasteiger partial charge in [-0.2, -0.15) is 0 Å². The molecule has 1 amide bonds. The summed E-state index contributed by atoms with van der Waals surface area (Å²) in [6.45, 7) is 0.984. The number of hydrogen-bond donors (Lipinski definition) is 1. The van der Waals surface area contributed by atoms with E-state index in [0.29, 0.717) is 13.2 Å². The van der Waals surface area contributed by atoms with Gasteiger partial charge in [-0.1, -0.05) is 18.6 Å². The van der Waals surface area contributed by atoms with Gasteiger partial charge >= 0.3 is 0 Å². The predicted octanol–water partition coefficient (Wildman–Crippen LogP) is 2.01. The lowest BCUT2D eigenvalue weighted by Crippen LogP contribution is -2.49. The maximum absolute atomic E-state index is 13.3. The van der Waals surface area contributed by atoms with Crippen molar-refractivity contribution in [2.24, 2.45) is 0 Å². The maximum atomic E-state index is 13.3. The Labute approximate surface area is 106 Å². The quantitative estimate of drug-likeness (QED) is 0.813. The fraction of sp³-hybridized carbons (Fsp3) is 0.500. The van der Waals surface area contributed by atoms with Crippen LogP contribution in [0.1, 0.15) is 24.8 Å². The zero-order chi connectivity index (χ0) is 13.0. The third-order valence-electron chi connectivity index (χ3n) is 3.61. The SMILES string of the molecule is COCCNC(=O)C1(c2cccc(F)c2)CCC1. The Morgan fingerprint density at radius 1 is 1.50 bits per heavy atom. The van der Waals surface area contributed by atoms with Crippen LogP contribution in [0.4, 0.5) is 4.39 Å². The lowest BCUT2D eigenvalue weighted by Gasteiger charge is -2.40. The van der Waals surface area contributed by atoms with E-state index >= 15 is 0 Å². The summed E-state index contributed by atoms with van der Waals surface area (Å²) in [5.41, 5.74) is 0.249. The Balaban J connectivity index is 2.13. The van der Waals surface area contributed by atoms with Crippen LogP contribution in [0.5, 0.6) is 0 Å². The van der Waals surface area contributed by atoms with Crippen molar-refractivity contribution in [2.45, 2.75) is 24.7 Å². The van der Waals surface area contributed by atoms with Crippen LogP contribution in [-0.2, 0) is 14.9 Å². The molecule has 0 radical (unpaired) electrons. The summed E-state index contributed by atoms with van der Waals surface area (Å²) in [7, 11) is 1.60. The molecule has 0 bridgehead atoms. The maximum Gasteiger partial charge on any atom is 0.230 e. The van der Waals surface area contributed by atoms with Crippen LogP contribution in [-0.4, -0.2) is 26.2 Å². The van der Waals surface area contributed by atoms with Crippen LogP contribution >= 0.6 is 0 Å². The third kappa shape index (κ3) is 2.38. The van der Waals surface area contributed by atoms with E-state index in [1.165, 1.54) is 12.1 Å². The number of carbonyl (C=O) groups excluding carboxylic acids is 1. The first kappa shape index (κ1) is 13.0. The molecule has 1 aromatic carbocycles. The summed E-state index contributed by atoms with van der Waals surface area (Å²) in [5.74, 6) is -0.306. The van der Waals surface area contributed by atoms with Gasteiger partial charge in [0.1, 0.15) is 5.82 Å². The minimum atomic E-state index is -0.532. The number of halogens is 1. The second kappa shape index (κ2) is 5.48. The topological polar surface area (TPSA) is 38.3 Å². The molecule has 1 saturated carbocycles. The van der Waals surface area contributed by atoms with Gasteiger partial charge in [-0.15, -0.1) is 0 Å². The fourth-order valence-electron chi connectivity index (χ4n) is 2.40. The molecule has 0 atom stereocenters. The Morgan fingerprint density at radius 2 is 2.28 bits per heavy atom. The number of nitrogens with one attached hydrogen (secondary N) is 1. The first-order valence-electron chi connectivity index (χ1n) is 6.22. The zero-order valence-electron chi connectivity index (χ0n) is 10.5. The number of benzene rings is 1. The molecule has 0 aromatic heterocycles. The van der Waals surface area contributed by atoms with Gasteiger partial charge in [0.15, 0.2) is 0 Å². The highest BCUT2D eigenvalue weighted by molar-refractivity contribution is 5.89. The molecule has 1 aliphatic rings. The summed E-state index contributed by atoms with van der Waals surface area (Å²) in [6.07, 6.45) is 2.58. The molecule has 2 rings (SSSR count). The summed E-state index contributed by atoms with van der Waals surface area (Å²) in [6, 6.07) is 6.36. The Kier molecular flexibility index (Phi) is 3.97. The summed E-state index contributed by atoms with van der Waals surface area (Å²) in [5, 5.41) is 2.86. The molecule has 0 aliphatic heterocycles. The molecule has 1 N–H and O–H groups in total. The van der Waals surface area contributed by atoms with E-state index < -0.39 is 5.41 Å². The van der Waals surface area contributed by atoms with E-state index in [1.807, 2.05) is 6.07 Å². The van der Waals surface area contributed by atoms with Crippen molar-refractivity contribution in [2.75, 3.05) is 20.3 Å². The van der Waals surface area contributed by atoms with Crippen molar-refractivity contribution in [1.82, 2.24) is 5.32 Å². The zero-order valence-corrected chi connectivity index (χ0v) is 10.5. The summed E-state index contributed by atoms with van der Waals surface area (Å²) >= 11 is 0. The Hall–Kier alpha value is -1.42. The van der Waals surface area contributed by atoms with Gasteiger partial charge in [0.2, 0.25) is 5.91 Å². The van der Waals surface area contributed by atoms with Gasteiger partial charge in [0.25, 0.3) is 0 Å². The molecule has 1 aromatic rings. The predicted molar refractivity (Wildman–Crippen MR) is 66.8 cm³/mol. The van der Waals surface area contributed by atoms with Crippen LogP contribution in [0.3, 0.4) is 0 Å². The number of rotatable bonds is 5. The van der Waals surface area contributed by atoms with Crippen LogP contribution in [0, 0.1) is 5.82 Å². The van der Waals surface area contributed by atoms with E-state index in [9.17, 15) is 9.18 Å². The van der Waals surface area contributed by atoms with Crippen LogP contribution < -0.4 is 5.32 Å². The van der Waals surface area contributed by atoms with E-state index in [1.54, 1.807) is 13.2 Å². The smallest absolute Gasteiger partial charge is 0.230 e. The van der Waals surface area contributed by atoms with Crippen LogP contribution in [0.25, 0.3) is 0 Å². The van der Waals surface area contributed by atoms with Crippen molar-refractivity contribution in [3.05, 3.63) is 35.6 Å². The molecule has 1 fully saturated rings. The average molecular weight is 251 g/mol. The van der Waals surface area contributed by atoms with E-state index in [-0.39, 0.29) is 11.7 Å². The van der Waals surface area contributed by atoms with E-state index in [4.69, 9.17) is 4.74 Å².